The number of phenols is 1. The van der Waals surface area contributed by atoms with E-state index in [1.807, 2.05) is 30.3 Å². The molecule has 5 heteroatoms. The summed E-state index contributed by atoms with van der Waals surface area (Å²) in [7, 11) is 0. The zero-order chi connectivity index (χ0) is 14.5. The third kappa shape index (κ3) is 3.91. The van der Waals surface area contributed by atoms with Gasteiger partial charge < -0.3 is 10.2 Å². The van der Waals surface area contributed by atoms with Crippen molar-refractivity contribution in [1.29, 1.82) is 0 Å². The van der Waals surface area contributed by atoms with Crippen LogP contribution in [-0.4, -0.2) is 23.0 Å². The molecule has 2 rings (SSSR count). The predicted molar refractivity (Wildman–Crippen MR) is 87.4 cm³/mol. The maximum Gasteiger partial charge on any atom is 0.138 e. The number of hydrogen-bond acceptors (Lipinski definition) is 3. The maximum absolute atomic E-state index is 9.98. The van der Waals surface area contributed by atoms with E-state index >= 15 is 0 Å². The number of phenolic OH excluding ortho intramolecular Hbond substituents is 1. The predicted octanol–water partition coefficient (Wildman–Crippen LogP) is 4.07. The van der Waals surface area contributed by atoms with Crippen LogP contribution in [0.25, 0.3) is 0 Å². The maximum atomic E-state index is 9.98. The molecule has 104 valence electrons. The highest BCUT2D eigenvalue weighted by Gasteiger charge is 2.07. The molecule has 0 heterocycles. The second-order valence-corrected chi connectivity index (χ2v) is 6.02. The van der Waals surface area contributed by atoms with Gasteiger partial charge in [0.05, 0.1) is 17.1 Å². The van der Waals surface area contributed by atoms with Crippen LogP contribution in [-0.2, 0) is 0 Å². The molecule has 0 aliphatic heterocycles. The Hall–Kier alpha value is -1.17. The van der Waals surface area contributed by atoms with Crippen molar-refractivity contribution in [2.75, 3.05) is 6.54 Å². The van der Waals surface area contributed by atoms with Crippen LogP contribution in [0.2, 0.25) is 0 Å². The number of benzene rings is 2. The van der Waals surface area contributed by atoms with Crippen molar-refractivity contribution in [2.24, 2.45) is 4.99 Å². The Balaban J connectivity index is 2.07. The van der Waals surface area contributed by atoms with Crippen molar-refractivity contribution in [1.82, 2.24) is 0 Å². The van der Waals surface area contributed by atoms with Gasteiger partial charge in [-0.25, -0.2) is 0 Å². The minimum atomic E-state index is -0.648. The minimum Gasteiger partial charge on any atom is -0.506 e. The molecule has 0 saturated heterocycles. The quantitative estimate of drug-likeness (QED) is 0.762. The van der Waals surface area contributed by atoms with Gasteiger partial charge in [-0.3, -0.25) is 4.99 Å². The zero-order valence-corrected chi connectivity index (χ0v) is 13.7. The number of aliphatic hydroxyl groups excluding tert-OH is 1. The molecule has 2 aromatic rings. The monoisotopic (exact) mass is 397 g/mol. The zero-order valence-electron chi connectivity index (χ0n) is 10.5. The Bertz CT molecular complexity index is 615. The number of nitrogens with zero attached hydrogens (tertiary/aromatic N) is 1. The Morgan fingerprint density at radius 1 is 1.15 bits per heavy atom. The van der Waals surface area contributed by atoms with E-state index < -0.39 is 6.10 Å². The summed E-state index contributed by atoms with van der Waals surface area (Å²) < 4.78 is 1.43. The smallest absolute Gasteiger partial charge is 0.138 e. The third-order valence-electron chi connectivity index (χ3n) is 2.75. The van der Waals surface area contributed by atoms with Crippen LogP contribution in [0.5, 0.6) is 5.75 Å². The van der Waals surface area contributed by atoms with Crippen molar-refractivity contribution in [3.8, 4) is 5.75 Å². The van der Waals surface area contributed by atoms with Gasteiger partial charge in [0, 0.05) is 16.3 Å². The molecule has 2 aromatic carbocycles. The van der Waals surface area contributed by atoms with Gasteiger partial charge in [0.25, 0.3) is 0 Å². The first-order valence-electron chi connectivity index (χ1n) is 5.99. The van der Waals surface area contributed by atoms with Crippen LogP contribution < -0.4 is 0 Å². The van der Waals surface area contributed by atoms with Gasteiger partial charge in [-0.1, -0.05) is 46.3 Å². The molecule has 0 aliphatic rings. The van der Waals surface area contributed by atoms with E-state index in [-0.39, 0.29) is 12.3 Å². The lowest BCUT2D eigenvalue weighted by Gasteiger charge is -2.07. The second kappa shape index (κ2) is 7.02. The van der Waals surface area contributed by atoms with Crippen LogP contribution in [0.15, 0.2) is 56.4 Å². The molecule has 3 nitrogen and oxygen atoms in total. The van der Waals surface area contributed by atoms with E-state index in [9.17, 15) is 10.2 Å². The van der Waals surface area contributed by atoms with E-state index in [0.717, 1.165) is 10.0 Å². The number of aromatic hydroxyl groups is 1. The van der Waals surface area contributed by atoms with Crippen molar-refractivity contribution in [3.05, 3.63) is 62.5 Å². The SMILES string of the molecule is Oc1c(Br)cc(Br)cc1C=NC[C@H](O)c1ccccc1. The summed E-state index contributed by atoms with van der Waals surface area (Å²) in [5.74, 6) is 0.131. The molecule has 0 fully saturated rings. The normalized spacial score (nSPS) is 12.8. The Labute approximate surface area is 134 Å². The summed E-state index contributed by atoms with van der Waals surface area (Å²) in [6, 6.07) is 12.9. The highest BCUT2D eigenvalue weighted by molar-refractivity contribution is 9.11. The van der Waals surface area contributed by atoms with Crippen LogP contribution in [0.1, 0.15) is 17.2 Å². The molecule has 0 unspecified atom stereocenters. The fourth-order valence-corrected chi connectivity index (χ4v) is 2.97. The molecule has 1 atom stereocenters. The topological polar surface area (TPSA) is 52.8 Å². The van der Waals surface area contributed by atoms with Gasteiger partial charge in [-0.15, -0.1) is 0 Å². The van der Waals surface area contributed by atoms with Gasteiger partial charge in [-0.05, 0) is 33.6 Å². The molecule has 20 heavy (non-hydrogen) atoms. The standard InChI is InChI=1S/C15H13Br2NO2/c16-12-6-11(15(20)13(17)7-12)8-18-9-14(19)10-4-2-1-3-5-10/h1-8,14,19-20H,9H2/t14-/m0/s1. The number of aliphatic imine (C=N–C) groups is 1. The molecule has 0 bridgehead atoms. The fourth-order valence-electron chi connectivity index (χ4n) is 1.72. The fraction of sp³-hybridized carbons (Fsp3) is 0.133. The van der Waals surface area contributed by atoms with Gasteiger partial charge in [0.15, 0.2) is 0 Å². The van der Waals surface area contributed by atoms with E-state index in [4.69, 9.17) is 0 Å². The molecule has 0 radical (unpaired) electrons. The molecule has 2 N–H and O–H groups in total. The molecule has 0 aliphatic carbocycles. The van der Waals surface area contributed by atoms with Crippen molar-refractivity contribution in [3.63, 3.8) is 0 Å². The van der Waals surface area contributed by atoms with Gasteiger partial charge in [0.2, 0.25) is 0 Å². The summed E-state index contributed by atoms with van der Waals surface area (Å²) in [4.78, 5) is 4.18. The largest absolute Gasteiger partial charge is 0.506 e. The molecular formula is C15H13Br2NO2. The average Bonchev–Trinajstić information content (AvgIpc) is 2.44. The van der Waals surface area contributed by atoms with Crippen molar-refractivity contribution >= 4 is 38.1 Å². The number of halogens is 2. The van der Waals surface area contributed by atoms with Crippen molar-refractivity contribution in [2.45, 2.75) is 6.10 Å². The van der Waals surface area contributed by atoms with Crippen LogP contribution in [0.3, 0.4) is 0 Å². The number of rotatable bonds is 4. The lowest BCUT2D eigenvalue weighted by atomic mass is 10.1. The first kappa shape index (κ1) is 15.2. The highest BCUT2D eigenvalue weighted by atomic mass is 79.9. The lowest BCUT2D eigenvalue weighted by molar-refractivity contribution is 0.187. The first-order valence-corrected chi connectivity index (χ1v) is 7.57. The van der Waals surface area contributed by atoms with Gasteiger partial charge in [0.1, 0.15) is 5.75 Å². The number of aliphatic hydroxyl groups is 1. The Morgan fingerprint density at radius 3 is 2.55 bits per heavy atom. The molecular weight excluding hydrogens is 386 g/mol. The molecule has 0 spiro atoms. The number of hydrogen-bond donors (Lipinski definition) is 2. The average molecular weight is 399 g/mol. The van der Waals surface area contributed by atoms with Crippen LogP contribution >= 0.6 is 31.9 Å². The van der Waals surface area contributed by atoms with Crippen molar-refractivity contribution < 1.29 is 10.2 Å². The van der Waals surface area contributed by atoms with E-state index in [1.165, 1.54) is 0 Å². The van der Waals surface area contributed by atoms with Gasteiger partial charge >= 0.3 is 0 Å². The van der Waals surface area contributed by atoms with Gasteiger partial charge in [-0.2, -0.15) is 0 Å². The summed E-state index contributed by atoms with van der Waals surface area (Å²) in [6.45, 7) is 0.244. The summed E-state index contributed by atoms with van der Waals surface area (Å²) in [6.07, 6.45) is 0.905. The second-order valence-electron chi connectivity index (χ2n) is 4.25. The highest BCUT2D eigenvalue weighted by Crippen LogP contribution is 2.30. The Morgan fingerprint density at radius 2 is 1.85 bits per heavy atom. The van der Waals surface area contributed by atoms with Crippen LogP contribution in [0, 0.1) is 0 Å². The summed E-state index contributed by atoms with van der Waals surface area (Å²) in [5, 5.41) is 19.9. The summed E-state index contributed by atoms with van der Waals surface area (Å²) >= 11 is 6.62. The molecule has 0 amide bonds. The molecule has 0 aromatic heterocycles. The lowest BCUT2D eigenvalue weighted by Crippen LogP contribution is -2.01. The first-order chi connectivity index (χ1) is 9.58. The third-order valence-corrected chi connectivity index (χ3v) is 3.81. The van der Waals surface area contributed by atoms with E-state index in [1.54, 1.807) is 18.3 Å². The molecule has 0 saturated carbocycles. The summed E-state index contributed by atoms with van der Waals surface area (Å²) in [5.41, 5.74) is 1.41. The Kier molecular flexibility index (Phi) is 5.34. The van der Waals surface area contributed by atoms with Crippen LogP contribution in [0.4, 0.5) is 0 Å². The van der Waals surface area contributed by atoms with E-state index in [2.05, 4.69) is 36.9 Å². The van der Waals surface area contributed by atoms with E-state index in [0.29, 0.717) is 10.0 Å². The minimum absolute atomic E-state index is 0.131.